The number of hydrogen-bond acceptors (Lipinski definition) is 9. The smallest absolute Gasteiger partial charge is 0.327 e. The van der Waals surface area contributed by atoms with Crippen molar-refractivity contribution in [3.8, 4) is 0 Å². The summed E-state index contributed by atoms with van der Waals surface area (Å²) in [6.07, 6.45) is -0.340. The number of hydrogen-bond donors (Lipinski definition) is 7. The Hall–Kier alpha value is -8.04. The van der Waals surface area contributed by atoms with Crippen LogP contribution in [0.25, 0.3) is 0 Å². The number of aliphatic carboxylic acids is 1. The summed E-state index contributed by atoms with van der Waals surface area (Å²) in [5.41, 5.74) is 4.09. The molecule has 4 amide bonds. The number of rotatable bonds is 21. The minimum Gasteiger partial charge on any atom is -0.480 e. The van der Waals surface area contributed by atoms with Crippen molar-refractivity contribution in [1.82, 2.24) is 26.2 Å². The second kappa shape index (κ2) is 23.2. The average molecular weight is 1040 g/mol. The number of nitrogens with zero attached hydrogens (tertiary/aromatic N) is 1. The van der Waals surface area contributed by atoms with E-state index in [-0.39, 0.29) is 12.2 Å². The van der Waals surface area contributed by atoms with E-state index in [1.54, 1.807) is 6.92 Å². The molecule has 0 spiro atoms. The van der Waals surface area contributed by atoms with Crippen LogP contribution in [0.2, 0.25) is 0 Å². The standard InChI is InChI=1S/C62H62N6O7S/c1-3-42(2)55(57(72)64-39-53(69)65-51(58(73)74)41-76-62(46-30-16-7-17-31-46,47-32-18-8-19-33-47)48-34-20-9-21-35-48)67-54(70)40-63-56(71)52-38-60(75)49-36-22-23-37-50(49)66-59(60)68(52)61(43-24-10-4-11-25-43,44-26-12-5-13-27-44)45-28-14-6-15-29-45/h4-37,42,51-52,55,59,66,75H,3,38-41H2,1-2H3,(H,63,71)(H,64,72)(H,65,69)(H,67,70)(H,73,74). The third kappa shape index (κ3) is 10.4. The van der Waals surface area contributed by atoms with Crippen LogP contribution < -0.4 is 26.6 Å². The van der Waals surface area contributed by atoms with Crippen molar-refractivity contribution in [2.45, 2.75) is 66.9 Å². The normalized spacial score (nSPS) is 18.1. The highest BCUT2D eigenvalue weighted by atomic mass is 32.2. The van der Waals surface area contributed by atoms with Gasteiger partial charge in [-0.3, -0.25) is 24.1 Å². The van der Waals surface area contributed by atoms with E-state index in [1.165, 1.54) is 11.8 Å². The number of para-hydroxylation sites is 1. The lowest BCUT2D eigenvalue weighted by atomic mass is 9.74. The molecule has 0 radical (unpaired) electrons. The number of anilines is 1. The first kappa shape index (κ1) is 52.8. The molecule has 7 N–H and O–H groups in total. The zero-order valence-corrected chi connectivity index (χ0v) is 43.2. The van der Waals surface area contributed by atoms with E-state index in [0.29, 0.717) is 12.0 Å². The Morgan fingerprint density at radius 3 is 1.50 bits per heavy atom. The van der Waals surface area contributed by atoms with Gasteiger partial charge in [0.2, 0.25) is 23.6 Å². The second-order valence-electron chi connectivity index (χ2n) is 19.4. The number of benzene rings is 7. The molecule has 0 bridgehead atoms. The maximum absolute atomic E-state index is 15.0. The van der Waals surface area contributed by atoms with Gasteiger partial charge in [-0.1, -0.05) is 220 Å². The van der Waals surface area contributed by atoms with Crippen LogP contribution in [0.5, 0.6) is 0 Å². The minimum atomic E-state index is -1.53. The van der Waals surface area contributed by atoms with Crippen molar-refractivity contribution >= 4 is 47.0 Å². The third-order valence-corrected chi connectivity index (χ3v) is 16.5. The maximum atomic E-state index is 15.0. The highest BCUT2D eigenvalue weighted by Crippen LogP contribution is 2.56. The first-order chi connectivity index (χ1) is 36.9. The van der Waals surface area contributed by atoms with E-state index in [4.69, 9.17) is 0 Å². The Labute approximate surface area is 447 Å². The van der Waals surface area contributed by atoms with Gasteiger partial charge in [0.1, 0.15) is 23.9 Å². The molecule has 2 aliphatic rings. The predicted molar refractivity (Wildman–Crippen MR) is 296 cm³/mol. The lowest BCUT2D eigenvalue weighted by Gasteiger charge is -2.48. The lowest BCUT2D eigenvalue weighted by Crippen LogP contribution is -2.60. The molecular formula is C62H62N6O7S. The maximum Gasteiger partial charge on any atom is 0.327 e. The van der Waals surface area contributed by atoms with Crippen LogP contribution in [0, 0.1) is 5.92 Å². The van der Waals surface area contributed by atoms with Gasteiger partial charge in [-0.2, -0.15) is 0 Å². The molecule has 0 aliphatic carbocycles. The van der Waals surface area contributed by atoms with Crippen LogP contribution in [0.4, 0.5) is 5.69 Å². The van der Waals surface area contributed by atoms with Crippen molar-refractivity contribution in [3.63, 3.8) is 0 Å². The second-order valence-corrected chi connectivity index (χ2v) is 20.6. The molecule has 1 fully saturated rings. The number of carbonyl (C=O) groups excluding carboxylic acids is 4. The Balaban J connectivity index is 0.907. The summed E-state index contributed by atoms with van der Waals surface area (Å²) >= 11 is 1.38. The fourth-order valence-corrected chi connectivity index (χ4v) is 12.6. The number of carbonyl (C=O) groups is 5. The van der Waals surface area contributed by atoms with Gasteiger partial charge in [0, 0.05) is 23.4 Å². The van der Waals surface area contributed by atoms with Crippen molar-refractivity contribution in [2.24, 2.45) is 5.92 Å². The van der Waals surface area contributed by atoms with Gasteiger partial charge < -0.3 is 36.8 Å². The van der Waals surface area contributed by atoms with Crippen LogP contribution in [0.3, 0.4) is 0 Å². The van der Waals surface area contributed by atoms with E-state index in [1.807, 2.05) is 218 Å². The fraction of sp³-hybridized carbons (Fsp3) is 0.242. The summed E-state index contributed by atoms with van der Waals surface area (Å²) in [4.78, 5) is 71.3. The number of nitrogens with one attached hydrogen (secondary N) is 5. The molecule has 2 heterocycles. The van der Waals surface area contributed by atoms with Crippen LogP contribution in [0.15, 0.2) is 206 Å². The van der Waals surface area contributed by atoms with Gasteiger partial charge in [0.15, 0.2) is 0 Å². The molecule has 9 rings (SSSR count). The molecule has 6 unspecified atom stereocenters. The number of likely N-dealkylation sites (tertiary alicyclic amines) is 1. The number of amides is 4. The van der Waals surface area contributed by atoms with Crippen molar-refractivity contribution in [3.05, 3.63) is 245 Å². The predicted octanol–water partition coefficient (Wildman–Crippen LogP) is 7.75. The summed E-state index contributed by atoms with van der Waals surface area (Å²) in [6, 6.07) is 63.1. The Bertz CT molecular complexity index is 2930. The summed E-state index contributed by atoms with van der Waals surface area (Å²) in [6.45, 7) is 2.59. The van der Waals surface area contributed by atoms with Crippen LogP contribution in [-0.2, 0) is 39.9 Å². The molecule has 1 saturated heterocycles. The number of thioether (sulfide) groups is 1. The summed E-state index contributed by atoms with van der Waals surface area (Å²) in [5, 5.41) is 37.8. The van der Waals surface area contributed by atoms with Gasteiger partial charge in [-0.25, -0.2) is 4.79 Å². The molecule has 6 atom stereocenters. The Kier molecular flexibility index (Phi) is 16.1. The van der Waals surface area contributed by atoms with Crippen molar-refractivity contribution < 1.29 is 34.2 Å². The highest BCUT2D eigenvalue weighted by molar-refractivity contribution is 8.00. The van der Waals surface area contributed by atoms with Gasteiger partial charge in [0.05, 0.1) is 29.4 Å². The molecule has 7 aromatic carbocycles. The van der Waals surface area contributed by atoms with Crippen LogP contribution in [0.1, 0.15) is 65.6 Å². The van der Waals surface area contributed by atoms with Crippen LogP contribution in [-0.4, -0.2) is 87.8 Å². The van der Waals surface area contributed by atoms with Gasteiger partial charge in [-0.05, 0) is 45.4 Å². The first-order valence-corrected chi connectivity index (χ1v) is 26.6. The van der Waals surface area contributed by atoms with E-state index in [0.717, 1.165) is 39.1 Å². The third-order valence-electron chi connectivity index (χ3n) is 14.8. The van der Waals surface area contributed by atoms with Gasteiger partial charge in [0.25, 0.3) is 0 Å². The molecular weight excluding hydrogens is 973 g/mol. The zero-order chi connectivity index (χ0) is 53.3. The summed E-state index contributed by atoms with van der Waals surface area (Å²) < 4.78 is -0.839. The summed E-state index contributed by atoms with van der Waals surface area (Å²) in [7, 11) is 0. The van der Waals surface area contributed by atoms with Crippen molar-refractivity contribution in [1.29, 1.82) is 0 Å². The molecule has 7 aromatic rings. The van der Waals surface area contributed by atoms with E-state index >= 15 is 0 Å². The topological polar surface area (TPSA) is 189 Å². The van der Waals surface area contributed by atoms with Crippen LogP contribution >= 0.6 is 11.8 Å². The molecule has 2 aliphatic heterocycles. The number of carboxylic acids is 1. The molecule has 388 valence electrons. The monoisotopic (exact) mass is 1030 g/mol. The van der Waals surface area contributed by atoms with Gasteiger partial charge >= 0.3 is 5.97 Å². The quantitative estimate of drug-likeness (QED) is 0.0351. The lowest BCUT2D eigenvalue weighted by molar-refractivity contribution is -0.141. The summed E-state index contributed by atoms with van der Waals surface area (Å²) in [5.74, 6) is -4.21. The molecule has 0 saturated carbocycles. The zero-order valence-electron chi connectivity index (χ0n) is 42.3. The van der Waals surface area contributed by atoms with E-state index < -0.39 is 88.8 Å². The van der Waals surface area contributed by atoms with Crippen molar-refractivity contribution in [2.75, 3.05) is 24.2 Å². The van der Waals surface area contributed by atoms with Gasteiger partial charge in [-0.15, -0.1) is 11.8 Å². The first-order valence-electron chi connectivity index (χ1n) is 25.6. The van der Waals surface area contributed by atoms with E-state index in [2.05, 4.69) is 26.6 Å². The number of aliphatic hydroxyl groups is 1. The molecule has 14 heteroatoms. The minimum absolute atomic E-state index is 0.0152. The SMILES string of the molecule is CCC(C)C(NC(=O)CNC(=O)C1CC2(O)c3ccccc3NC2N1C(c1ccccc1)(c1ccccc1)c1ccccc1)C(=O)NCC(=O)NC(CSC(c1ccccc1)(c1ccccc1)c1ccccc1)C(=O)O. The molecule has 76 heavy (non-hydrogen) atoms. The molecule has 13 nitrogen and oxygen atoms in total. The Morgan fingerprint density at radius 1 is 0.618 bits per heavy atom. The average Bonchev–Trinajstić information content (AvgIpc) is 3.99. The number of fused-ring (bicyclic) bond motifs is 3. The van der Waals surface area contributed by atoms with E-state index in [9.17, 15) is 34.2 Å². The Morgan fingerprint density at radius 2 is 1.04 bits per heavy atom. The fourth-order valence-electron chi connectivity index (χ4n) is 11.0. The highest BCUT2D eigenvalue weighted by Gasteiger charge is 2.64. The largest absolute Gasteiger partial charge is 0.480 e. The molecule has 0 aromatic heterocycles. The number of carboxylic acid groups (broad SMARTS) is 1.